The highest BCUT2D eigenvalue weighted by molar-refractivity contribution is 9.09. The Kier molecular flexibility index (Phi) is 12.2. The molecule has 1 aromatic rings. The van der Waals surface area contributed by atoms with Crippen molar-refractivity contribution in [3.8, 4) is 0 Å². The Morgan fingerprint density at radius 3 is 2.43 bits per heavy atom. The van der Waals surface area contributed by atoms with E-state index in [-0.39, 0.29) is 53.8 Å². The zero-order valence-electron chi connectivity index (χ0n) is 33.0. The highest BCUT2D eigenvalue weighted by Gasteiger charge is 2.75. The van der Waals surface area contributed by atoms with Crippen molar-refractivity contribution in [2.24, 2.45) is 40.2 Å². The number of carbonyl (C=O) groups is 6. The van der Waals surface area contributed by atoms with Crippen molar-refractivity contribution >= 4 is 51.1 Å². The van der Waals surface area contributed by atoms with Crippen LogP contribution in [0.15, 0.2) is 48.1 Å². The molecule has 0 unspecified atom stereocenters. The fourth-order valence-corrected chi connectivity index (χ4v) is 11.9. The summed E-state index contributed by atoms with van der Waals surface area (Å²) in [4.78, 5) is 74.6. The van der Waals surface area contributed by atoms with Gasteiger partial charge in [0.05, 0.1) is 30.5 Å². The van der Waals surface area contributed by atoms with Crippen molar-refractivity contribution in [1.82, 2.24) is 16.0 Å². The summed E-state index contributed by atoms with van der Waals surface area (Å²) < 4.78 is 13.4. The van der Waals surface area contributed by atoms with Gasteiger partial charge in [0.2, 0.25) is 23.6 Å². The Morgan fingerprint density at radius 1 is 1.03 bits per heavy atom. The van der Waals surface area contributed by atoms with Crippen LogP contribution in [0.3, 0.4) is 0 Å². The zero-order valence-corrected chi connectivity index (χ0v) is 34.6. The van der Waals surface area contributed by atoms with Crippen LogP contribution in [0.25, 0.3) is 0 Å². The zero-order chi connectivity index (χ0) is 41.6. The number of aliphatic hydroxyl groups is 2. The van der Waals surface area contributed by atoms with Crippen LogP contribution in [0.5, 0.6) is 0 Å². The summed E-state index contributed by atoms with van der Waals surface area (Å²) in [6, 6.07) is 6.72. The molecule has 7 N–H and O–H groups in total. The molecular weight excluding hydrogens is 812 g/mol. The summed E-state index contributed by atoms with van der Waals surface area (Å²) in [5.74, 6) is -2.32. The molecule has 0 aromatic heterocycles. The Bertz CT molecular complexity index is 1880. The maximum atomic E-state index is 13.9. The monoisotopic (exact) mass is 866 g/mol. The highest BCUT2D eigenvalue weighted by atomic mass is 79.9. The van der Waals surface area contributed by atoms with Crippen LogP contribution in [0.2, 0.25) is 0 Å². The topological polar surface area (TPSA) is 223 Å². The number of aliphatic hydroxyl groups excluding tert-OH is 2. The molecule has 5 fully saturated rings. The van der Waals surface area contributed by atoms with Crippen molar-refractivity contribution in [2.75, 3.05) is 18.5 Å². The van der Waals surface area contributed by atoms with E-state index in [0.717, 1.165) is 61.6 Å². The lowest BCUT2D eigenvalue weighted by Gasteiger charge is -2.59. The number of halogens is 1. The fourth-order valence-electron chi connectivity index (χ4n) is 11.7. The summed E-state index contributed by atoms with van der Waals surface area (Å²) in [6.07, 6.45) is 9.20. The van der Waals surface area contributed by atoms with E-state index in [2.05, 4.69) is 38.8 Å². The standard InChI is InChI=1S/C43H55BrN4O10/c1-41-14-13-28(50)16-26(41)9-12-29-30-17-34-43(33(52)22-49,42(30,2)19-32(51)38(29)41)58-40(57-34)25-7-3-23(4-8-25)15-24-5-10-27(11-6-24)47-39(56)31(18-35(45)53)48-37(55)21-46-36(54)20-44/h3-4,7-8,13-14,16,24,27,29-32,34,38,40,49,51H,5-6,9-12,15,17-22H2,1-2H3,(H2,45,53)(H,46,54)(H,47,56)(H,48,55)/t24?,27?,29-,30-,31-,32-,34+,38+,40+,41-,42-,43+/m0/s1. The third kappa shape index (κ3) is 7.73. The Morgan fingerprint density at radius 2 is 1.76 bits per heavy atom. The maximum Gasteiger partial charge on any atom is 0.243 e. The molecule has 0 spiro atoms. The number of benzene rings is 1. The number of ether oxygens (including phenoxy) is 2. The van der Waals surface area contributed by atoms with Gasteiger partial charge in [-0.05, 0) is 93.3 Å². The van der Waals surface area contributed by atoms with Crippen LogP contribution in [0, 0.1) is 34.5 Å². The van der Waals surface area contributed by atoms with Crippen molar-refractivity contribution in [1.29, 1.82) is 0 Å². The second-order valence-corrected chi connectivity index (χ2v) is 18.3. The Labute approximate surface area is 346 Å². The van der Waals surface area contributed by atoms with E-state index in [1.54, 1.807) is 12.2 Å². The second kappa shape index (κ2) is 16.7. The van der Waals surface area contributed by atoms with Crippen LogP contribution in [-0.2, 0) is 44.7 Å². The molecule has 1 aliphatic heterocycles. The molecule has 314 valence electrons. The van der Waals surface area contributed by atoms with Gasteiger partial charge in [-0.3, -0.25) is 28.8 Å². The van der Waals surface area contributed by atoms with E-state index in [0.29, 0.717) is 18.8 Å². The summed E-state index contributed by atoms with van der Waals surface area (Å²) in [7, 11) is 0. The lowest BCUT2D eigenvalue weighted by atomic mass is 9.46. The fraction of sp³-hybridized carbons (Fsp3) is 0.628. The Hall–Kier alpha value is -3.76. The van der Waals surface area contributed by atoms with Crippen molar-refractivity contribution < 1.29 is 48.5 Å². The molecule has 58 heavy (non-hydrogen) atoms. The number of fused-ring (bicyclic) bond motifs is 7. The minimum absolute atomic E-state index is 0.0134. The van der Waals surface area contributed by atoms with Gasteiger partial charge in [0.15, 0.2) is 23.5 Å². The van der Waals surface area contributed by atoms with Gasteiger partial charge in [-0.2, -0.15) is 0 Å². The summed E-state index contributed by atoms with van der Waals surface area (Å²) >= 11 is 3.00. The molecule has 5 aliphatic carbocycles. The molecule has 6 aliphatic rings. The number of hydrogen-bond acceptors (Lipinski definition) is 10. The molecule has 0 radical (unpaired) electrons. The molecule has 4 amide bonds. The van der Waals surface area contributed by atoms with Gasteiger partial charge in [-0.1, -0.05) is 65.7 Å². The SMILES string of the molecule is C[C@]12C=CC(=O)C=C1CC[C@@H]1[C@@H]2[C@@H](O)C[C@@]2(C)[C@H]1C[C@H]1O[C@@H](c3ccc(CC4CCC(NC(=O)[C@H](CC(N)=O)NC(=O)CNC(=O)CBr)CC4)cc3)O[C@]12C(=O)CO. The van der Waals surface area contributed by atoms with Crippen LogP contribution in [0.1, 0.15) is 89.1 Å². The smallest absolute Gasteiger partial charge is 0.243 e. The molecule has 1 heterocycles. The first kappa shape index (κ1) is 42.4. The van der Waals surface area contributed by atoms with Crippen LogP contribution < -0.4 is 21.7 Å². The van der Waals surface area contributed by atoms with Gasteiger partial charge in [-0.15, -0.1) is 0 Å². The first-order valence-electron chi connectivity index (χ1n) is 20.5. The summed E-state index contributed by atoms with van der Waals surface area (Å²) in [5, 5.41) is 30.1. The van der Waals surface area contributed by atoms with Crippen molar-refractivity contribution in [3.63, 3.8) is 0 Å². The number of ketones is 2. The quantitative estimate of drug-likeness (QED) is 0.159. The van der Waals surface area contributed by atoms with Crippen LogP contribution in [-0.4, -0.2) is 93.8 Å². The lowest BCUT2D eigenvalue weighted by Crippen LogP contribution is -2.63. The van der Waals surface area contributed by atoms with Crippen molar-refractivity contribution in [3.05, 3.63) is 59.2 Å². The molecule has 15 heteroatoms. The second-order valence-electron chi connectivity index (χ2n) is 17.7. The van der Waals surface area contributed by atoms with Gasteiger partial charge in [0, 0.05) is 28.4 Å². The predicted octanol–water partition coefficient (Wildman–Crippen LogP) is 2.38. The average Bonchev–Trinajstić information content (AvgIpc) is 3.70. The van der Waals surface area contributed by atoms with E-state index < -0.39 is 71.1 Å². The van der Waals surface area contributed by atoms with E-state index in [1.807, 2.05) is 37.3 Å². The first-order chi connectivity index (χ1) is 27.6. The Balaban J connectivity index is 0.956. The van der Waals surface area contributed by atoms with Gasteiger partial charge in [-0.25, -0.2) is 0 Å². The van der Waals surface area contributed by atoms with Crippen molar-refractivity contribution in [2.45, 2.75) is 114 Å². The summed E-state index contributed by atoms with van der Waals surface area (Å²) in [6.45, 7) is 3.12. The van der Waals surface area contributed by atoms with E-state index in [9.17, 15) is 39.0 Å². The van der Waals surface area contributed by atoms with Crippen LogP contribution in [0.4, 0.5) is 0 Å². The first-order valence-corrected chi connectivity index (χ1v) is 21.6. The number of carbonyl (C=O) groups excluding carboxylic acids is 6. The molecule has 10 atom stereocenters. The number of hydrogen-bond donors (Lipinski definition) is 6. The predicted molar refractivity (Wildman–Crippen MR) is 213 cm³/mol. The van der Waals surface area contributed by atoms with Gasteiger partial charge in [0.1, 0.15) is 12.6 Å². The maximum absolute atomic E-state index is 13.9. The van der Waals surface area contributed by atoms with Gasteiger partial charge >= 0.3 is 0 Å². The highest BCUT2D eigenvalue weighted by Crippen LogP contribution is 2.70. The molecule has 1 saturated heterocycles. The number of rotatable bonds is 13. The van der Waals surface area contributed by atoms with Gasteiger partial charge in [0.25, 0.3) is 0 Å². The average molecular weight is 868 g/mol. The molecule has 0 bridgehead atoms. The number of amides is 4. The third-order valence-corrected chi connectivity index (χ3v) is 14.9. The molecule has 1 aromatic carbocycles. The van der Waals surface area contributed by atoms with E-state index in [1.165, 1.54) is 0 Å². The van der Waals surface area contributed by atoms with Crippen LogP contribution >= 0.6 is 15.9 Å². The molecule has 4 saturated carbocycles. The van der Waals surface area contributed by atoms with E-state index >= 15 is 0 Å². The molecule has 7 rings (SSSR count). The minimum Gasteiger partial charge on any atom is -0.393 e. The number of nitrogens with two attached hydrogens (primary N) is 1. The number of allylic oxidation sites excluding steroid dienone is 4. The number of alkyl halides is 1. The molecular formula is C43H55BrN4O10. The minimum atomic E-state index is -1.42. The molecule has 14 nitrogen and oxygen atoms in total. The van der Waals surface area contributed by atoms with E-state index in [4.69, 9.17) is 15.2 Å². The van der Waals surface area contributed by atoms with Gasteiger partial charge < -0.3 is 41.4 Å². The number of Topliss-reactive ketones (excluding diaryl/α,β-unsaturated/α-hetero) is 1. The number of primary amides is 1. The lowest BCUT2D eigenvalue weighted by molar-refractivity contribution is -0.201. The number of nitrogens with one attached hydrogen (secondary N) is 3. The largest absolute Gasteiger partial charge is 0.393 e. The summed E-state index contributed by atoms with van der Waals surface area (Å²) in [5.41, 5.74) is 5.65. The third-order valence-electron chi connectivity index (χ3n) is 14.4. The normalized spacial score (nSPS) is 36.6.